The fraction of sp³-hybridized carbons (Fsp3) is 0.333. The molecule has 0 bridgehead atoms. The number of carbonyl (C=O) groups excluding carboxylic acids is 1. The number of hydrogen-bond donors (Lipinski definition) is 0. The third kappa shape index (κ3) is 2.94. The van der Waals surface area contributed by atoms with Crippen LogP contribution in [-0.4, -0.2) is 38.8 Å². The van der Waals surface area contributed by atoms with E-state index in [2.05, 4.69) is 15.0 Å². The average molecular weight is 353 g/mol. The molecule has 0 saturated heterocycles. The molecule has 1 fully saturated rings. The Hall–Kier alpha value is -3.16. The molecule has 0 N–H and O–H groups in total. The zero-order valence-corrected chi connectivity index (χ0v) is 14.6. The Labute approximate surface area is 149 Å². The van der Waals surface area contributed by atoms with Crippen LogP contribution >= 0.6 is 0 Å². The fourth-order valence-electron chi connectivity index (χ4n) is 2.91. The maximum atomic E-state index is 12.0. The van der Waals surface area contributed by atoms with E-state index in [4.69, 9.17) is 4.74 Å². The molecule has 3 aromatic heterocycles. The first-order chi connectivity index (χ1) is 12.6. The number of nitrogens with zero attached hydrogens (tertiary/aromatic N) is 5. The molecular formula is C18H19N5O3. The molecule has 8 nitrogen and oxygen atoms in total. The number of aryl methyl sites for hydroxylation is 1. The lowest BCUT2D eigenvalue weighted by atomic mass is 10.2. The highest BCUT2D eigenvalue weighted by molar-refractivity contribution is 5.89. The van der Waals surface area contributed by atoms with Crippen molar-refractivity contribution in [3.8, 4) is 0 Å². The van der Waals surface area contributed by atoms with E-state index in [9.17, 15) is 9.59 Å². The van der Waals surface area contributed by atoms with Crippen molar-refractivity contribution in [3.05, 3.63) is 52.7 Å². The highest BCUT2D eigenvalue weighted by Crippen LogP contribution is 2.34. The smallest absolute Gasteiger partial charge is 0.350 e. The molecule has 0 aliphatic heterocycles. The topological polar surface area (TPSA) is 81.7 Å². The summed E-state index contributed by atoms with van der Waals surface area (Å²) < 4.78 is 7.54. The molecule has 26 heavy (non-hydrogen) atoms. The monoisotopic (exact) mass is 353 g/mol. The molecule has 4 rings (SSSR count). The van der Waals surface area contributed by atoms with Gasteiger partial charge in [-0.05, 0) is 37.0 Å². The SMILES string of the molecule is COC(=O)c1ccc(N(CC2CC2)c2ccn3c(=O)n(C)nc3c2)nc1. The standard InChI is InChI=1S/C18H19N5O3/c1-21-18(25)22-8-7-14(9-16(22)20-21)23(11-12-3-4-12)15-6-5-13(10-19-15)17(24)26-2/h5-10,12H,3-4,11H2,1-2H3. The molecule has 1 saturated carbocycles. The van der Waals surface area contributed by atoms with Gasteiger partial charge >= 0.3 is 11.7 Å². The number of anilines is 2. The van der Waals surface area contributed by atoms with Crippen LogP contribution in [0.25, 0.3) is 5.65 Å². The summed E-state index contributed by atoms with van der Waals surface area (Å²) in [4.78, 5) is 30.1. The number of ether oxygens (including phenoxy) is 1. The quantitative estimate of drug-likeness (QED) is 0.650. The summed E-state index contributed by atoms with van der Waals surface area (Å²) in [6.07, 6.45) is 5.64. The van der Waals surface area contributed by atoms with Gasteiger partial charge in [0.05, 0.1) is 12.7 Å². The molecule has 1 aliphatic rings. The molecule has 0 amide bonds. The Morgan fingerprint density at radius 1 is 1.35 bits per heavy atom. The van der Waals surface area contributed by atoms with Gasteiger partial charge in [0.1, 0.15) is 5.82 Å². The van der Waals surface area contributed by atoms with Crippen LogP contribution in [0.3, 0.4) is 0 Å². The van der Waals surface area contributed by atoms with Gasteiger partial charge in [-0.25, -0.2) is 19.3 Å². The van der Waals surface area contributed by atoms with Crippen molar-refractivity contribution in [1.29, 1.82) is 0 Å². The van der Waals surface area contributed by atoms with Crippen LogP contribution in [0.4, 0.5) is 11.5 Å². The summed E-state index contributed by atoms with van der Waals surface area (Å²) in [7, 11) is 2.98. The Morgan fingerprint density at radius 3 is 2.81 bits per heavy atom. The number of hydrogen-bond acceptors (Lipinski definition) is 6. The summed E-state index contributed by atoms with van der Waals surface area (Å²) in [5, 5.41) is 4.25. The Kier molecular flexibility index (Phi) is 3.95. The number of methoxy groups -OCH3 is 1. The van der Waals surface area contributed by atoms with Gasteiger partial charge in [-0.3, -0.25) is 4.40 Å². The maximum absolute atomic E-state index is 12.0. The predicted octanol–water partition coefficient (Wildman–Crippen LogP) is 1.76. The number of carbonyl (C=O) groups is 1. The van der Waals surface area contributed by atoms with Crippen LogP contribution in [0.15, 0.2) is 41.5 Å². The van der Waals surface area contributed by atoms with Crippen LogP contribution in [0.5, 0.6) is 0 Å². The van der Waals surface area contributed by atoms with Crippen molar-refractivity contribution >= 4 is 23.1 Å². The molecule has 0 unspecified atom stereocenters. The Morgan fingerprint density at radius 2 is 2.15 bits per heavy atom. The fourth-order valence-corrected chi connectivity index (χ4v) is 2.91. The minimum absolute atomic E-state index is 0.180. The van der Waals surface area contributed by atoms with Crippen LogP contribution in [0.2, 0.25) is 0 Å². The van der Waals surface area contributed by atoms with Crippen LogP contribution in [0.1, 0.15) is 23.2 Å². The van der Waals surface area contributed by atoms with Gasteiger partial charge < -0.3 is 9.64 Å². The first-order valence-electron chi connectivity index (χ1n) is 8.44. The predicted molar refractivity (Wildman–Crippen MR) is 95.7 cm³/mol. The molecule has 8 heteroatoms. The highest BCUT2D eigenvalue weighted by atomic mass is 16.5. The first kappa shape index (κ1) is 16.3. The summed E-state index contributed by atoms with van der Waals surface area (Å²) in [5.41, 5.74) is 1.73. The van der Waals surface area contributed by atoms with Crippen molar-refractivity contribution < 1.29 is 9.53 Å². The van der Waals surface area contributed by atoms with Crippen LogP contribution in [-0.2, 0) is 11.8 Å². The number of esters is 1. The third-order valence-corrected chi connectivity index (χ3v) is 4.55. The van der Waals surface area contributed by atoms with Crippen molar-refractivity contribution in [1.82, 2.24) is 19.2 Å². The second-order valence-corrected chi connectivity index (χ2v) is 6.47. The van der Waals surface area contributed by atoms with Crippen molar-refractivity contribution in [2.75, 3.05) is 18.6 Å². The lowest BCUT2D eigenvalue weighted by molar-refractivity contribution is 0.0600. The molecule has 134 valence electrons. The minimum Gasteiger partial charge on any atom is -0.465 e. The molecule has 1 aliphatic carbocycles. The van der Waals surface area contributed by atoms with Gasteiger partial charge in [-0.2, -0.15) is 5.10 Å². The number of pyridine rings is 2. The summed E-state index contributed by atoms with van der Waals surface area (Å²) in [6, 6.07) is 7.27. The molecule has 0 radical (unpaired) electrons. The molecular weight excluding hydrogens is 334 g/mol. The molecule has 0 atom stereocenters. The van der Waals surface area contributed by atoms with Crippen molar-refractivity contribution in [2.45, 2.75) is 12.8 Å². The zero-order valence-electron chi connectivity index (χ0n) is 14.6. The van der Waals surface area contributed by atoms with Gasteiger partial charge in [0.15, 0.2) is 5.65 Å². The second-order valence-electron chi connectivity index (χ2n) is 6.47. The Bertz CT molecular complexity index is 1020. The van der Waals surface area contributed by atoms with E-state index >= 15 is 0 Å². The summed E-state index contributed by atoms with van der Waals surface area (Å²) in [6.45, 7) is 0.831. The van der Waals surface area contributed by atoms with Crippen molar-refractivity contribution in [2.24, 2.45) is 13.0 Å². The maximum Gasteiger partial charge on any atom is 0.350 e. The van der Waals surface area contributed by atoms with Crippen LogP contribution < -0.4 is 10.6 Å². The van der Waals surface area contributed by atoms with E-state index in [-0.39, 0.29) is 5.69 Å². The molecule has 0 spiro atoms. The summed E-state index contributed by atoms with van der Waals surface area (Å²) in [5.74, 6) is 0.957. The average Bonchev–Trinajstić information content (AvgIpc) is 3.44. The van der Waals surface area contributed by atoms with Crippen LogP contribution in [0, 0.1) is 5.92 Å². The van der Waals surface area contributed by atoms with E-state index in [1.807, 2.05) is 18.2 Å². The second kappa shape index (κ2) is 6.29. The van der Waals surface area contributed by atoms with E-state index in [1.165, 1.54) is 35.2 Å². The lowest BCUT2D eigenvalue weighted by Gasteiger charge is -2.24. The number of fused-ring (bicyclic) bond motifs is 1. The third-order valence-electron chi connectivity index (χ3n) is 4.55. The van der Waals surface area contributed by atoms with Gasteiger partial charge in [0.2, 0.25) is 0 Å². The molecule has 3 heterocycles. The Balaban J connectivity index is 1.72. The zero-order chi connectivity index (χ0) is 18.3. The van der Waals surface area contributed by atoms with E-state index in [0.29, 0.717) is 17.1 Å². The summed E-state index contributed by atoms with van der Waals surface area (Å²) >= 11 is 0. The number of rotatable bonds is 5. The van der Waals surface area contributed by atoms with Gasteiger partial charge in [-0.1, -0.05) is 0 Å². The van der Waals surface area contributed by atoms with E-state index < -0.39 is 5.97 Å². The minimum atomic E-state index is -0.410. The van der Waals surface area contributed by atoms with Gasteiger partial charge in [-0.15, -0.1) is 0 Å². The van der Waals surface area contributed by atoms with Gasteiger partial charge in [0.25, 0.3) is 0 Å². The largest absolute Gasteiger partial charge is 0.465 e. The van der Waals surface area contributed by atoms with Gasteiger partial charge in [0, 0.05) is 37.7 Å². The number of aromatic nitrogens is 4. The van der Waals surface area contributed by atoms with E-state index in [1.54, 1.807) is 19.3 Å². The molecule has 3 aromatic rings. The first-order valence-corrected chi connectivity index (χ1v) is 8.44. The van der Waals surface area contributed by atoms with Crippen molar-refractivity contribution in [3.63, 3.8) is 0 Å². The lowest BCUT2D eigenvalue weighted by Crippen LogP contribution is -2.22. The highest BCUT2D eigenvalue weighted by Gasteiger charge is 2.26. The van der Waals surface area contributed by atoms with E-state index in [0.717, 1.165) is 18.1 Å². The normalized spacial score (nSPS) is 13.8. The molecule has 0 aromatic carbocycles.